The van der Waals surface area contributed by atoms with Crippen LogP contribution in [0.25, 0.3) is 0 Å². The second-order valence-electron chi connectivity index (χ2n) is 7.26. The number of rotatable bonds is 4. The smallest absolute Gasteiger partial charge is 0.410 e. The summed E-state index contributed by atoms with van der Waals surface area (Å²) in [5.41, 5.74) is 4.20. The Bertz CT molecular complexity index is 898. The van der Waals surface area contributed by atoms with Crippen molar-refractivity contribution in [3.8, 4) is 6.07 Å². The van der Waals surface area contributed by atoms with Crippen LogP contribution >= 0.6 is 0 Å². The third-order valence-corrected chi connectivity index (χ3v) is 5.38. The summed E-state index contributed by atoms with van der Waals surface area (Å²) >= 11 is 0. The fraction of sp³-hybridized carbons (Fsp3) is 0.304. The molecule has 1 saturated heterocycles. The molecule has 1 fully saturated rings. The molecule has 4 nitrogen and oxygen atoms in total. The summed E-state index contributed by atoms with van der Waals surface area (Å²) in [6.07, 6.45) is 5.75. The molecule has 136 valence electrons. The number of hydrogen-bond acceptors (Lipinski definition) is 3. The number of nitriles is 1. The standard InChI is InChI=1S/C23H22N2O2/c24-15-19-8-4-7-18(11-19)12-20-13-21-9-10-22(14-20)25(21)23(26)27-16-17-5-2-1-3-6-17/h1-8,11,13,21-22H,9-10,12,14,16H2. The van der Waals surface area contributed by atoms with Gasteiger partial charge in [-0.1, -0.05) is 54.1 Å². The lowest BCUT2D eigenvalue weighted by Gasteiger charge is -2.33. The molecule has 0 aliphatic carbocycles. The van der Waals surface area contributed by atoms with E-state index < -0.39 is 0 Å². The predicted molar refractivity (Wildman–Crippen MR) is 103 cm³/mol. The highest BCUT2D eigenvalue weighted by molar-refractivity contribution is 5.70. The van der Waals surface area contributed by atoms with Gasteiger partial charge in [0, 0.05) is 6.04 Å². The first-order chi connectivity index (χ1) is 13.2. The molecule has 2 aliphatic rings. The third kappa shape index (κ3) is 3.88. The summed E-state index contributed by atoms with van der Waals surface area (Å²) in [7, 11) is 0. The van der Waals surface area contributed by atoms with E-state index in [0.717, 1.165) is 36.8 Å². The van der Waals surface area contributed by atoms with E-state index in [2.05, 4.69) is 18.2 Å². The maximum atomic E-state index is 12.6. The van der Waals surface area contributed by atoms with E-state index in [1.807, 2.05) is 53.4 Å². The first-order valence-electron chi connectivity index (χ1n) is 9.40. The second kappa shape index (κ2) is 7.67. The van der Waals surface area contributed by atoms with Crippen molar-refractivity contribution >= 4 is 6.09 Å². The Kier molecular flexibility index (Phi) is 4.93. The van der Waals surface area contributed by atoms with Gasteiger partial charge in [-0.05, 0) is 48.9 Å². The molecule has 2 aromatic carbocycles. The quantitative estimate of drug-likeness (QED) is 0.751. The van der Waals surface area contributed by atoms with Gasteiger partial charge >= 0.3 is 6.09 Å². The van der Waals surface area contributed by atoms with E-state index in [1.54, 1.807) is 0 Å². The summed E-state index contributed by atoms with van der Waals surface area (Å²) in [5.74, 6) is 0. The summed E-state index contributed by atoms with van der Waals surface area (Å²) in [5, 5.41) is 9.07. The van der Waals surface area contributed by atoms with E-state index >= 15 is 0 Å². The van der Waals surface area contributed by atoms with Crippen LogP contribution in [-0.4, -0.2) is 23.1 Å². The predicted octanol–water partition coefficient (Wildman–Crippen LogP) is 4.60. The molecule has 0 saturated carbocycles. The van der Waals surface area contributed by atoms with Crippen molar-refractivity contribution < 1.29 is 9.53 Å². The van der Waals surface area contributed by atoms with E-state index in [-0.39, 0.29) is 18.2 Å². The SMILES string of the molecule is N#Cc1cccc(CC2=CC3CCC(C2)N3C(=O)OCc2ccccc2)c1. The van der Waals surface area contributed by atoms with Crippen LogP contribution in [0.2, 0.25) is 0 Å². The topological polar surface area (TPSA) is 53.3 Å². The highest BCUT2D eigenvalue weighted by Crippen LogP contribution is 2.36. The minimum absolute atomic E-state index is 0.126. The van der Waals surface area contributed by atoms with Crippen LogP contribution in [0.5, 0.6) is 0 Å². The lowest BCUT2D eigenvalue weighted by atomic mass is 9.95. The van der Waals surface area contributed by atoms with Crippen LogP contribution in [0.15, 0.2) is 66.2 Å². The molecule has 2 aliphatic heterocycles. The van der Waals surface area contributed by atoms with Crippen LogP contribution < -0.4 is 0 Å². The second-order valence-corrected chi connectivity index (χ2v) is 7.26. The number of hydrogen-bond donors (Lipinski definition) is 0. The van der Waals surface area contributed by atoms with Crippen molar-refractivity contribution in [2.75, 3.05) is 0 Å². The molecule has 1 amide bonds. The van der Waals surface area contributed by atoms with Gasteiger partial charge in [0.25, 0.3) is 0 Å². The number of benzene rings is 2. The van der Waals surface area contributed by atoms with E-state index in [9.17, 15) is 4.79 Å². The summed E-state index contributed by atoms with van der Waals surface area (Å²) in [6.45, 7) is 0.313. The average molecular weight is 358 g/mol. The Balaban J connectivity index is 1.41. The number of nitrogens with zero attached hydrogens (tertiary/aromatic N) is 2. The van der Waals surface area contributed by atoms with Crippen LogP contribution in [0.1, 0.15) is 36.0 Å². The zero-order valence-electron chi connectivity index (χ0n) is 15.2. The van der Waals surface area contributed by atoms with Crippen molar-refractivity contribution in [2.45, 2.75) is 44.4 Å². The number of carbonyl (C=O) groups excluding carboxylic acids is 1. The van der Waals surface area contributed by atoms with Crippen LogP contribution in [0.4, 0.5) is 4.79 Å². The molecule has 2 bridgehead atoms. The van der Waals surface area contributed by atoms with Gasteiger partial charge in [0.15, 0.2) is 0 Å². The Morgan fingerprint density at radius 2 is 1.93 bits per heavy atom. The zero-order valence-corrected chi connectivity index (χ0v) is 15.2. The molecule has 4 rings (SSSR count). The molecule has 2 unspecified atom stereocenters. The van der Waals surface area contributed by atoms with Gasteiger partial charge in [0.05, 0.1) is 17.7 Å². The van der Waals surface area contributed by atoms with Gasteiger partial charge in [-0.3, -0.25) is 4.90 Å². The van der Waals surface area contributed by atoms with Crippen LogP contribution in [0, 0.1) is 11.3 Å². The number of ether oxygens (including phenoxy) is 1. The van der Waals surface area contributed by atoms with E-state index in [0.29, 0.717) is 12.2 Å². The molecule has 2 atom stereocenters. The molecule has 4 heteroatoms. The van der Waals surface area contributed by atoms with Crippen molar-refractivity contribution in [3.63, 3.8) is 0 Å². The average Bonchev–Trinajstić information content (AvgIpc) is 2.98. The number of amides is 1. The zero-order chi connectivity index (χ0) is 18.6. The first kappa shape index (κ1) is 17.4. The molecule has 2 heterocycles. The summed E-state index contributed by atoms with van der Waals surface area (Å²) < 4.78 is 5.55. The monoisotopic (exact) mass is 358 g/mol. The van der Waals surface area contributed by atoms with Gasteiger partial charge in [-0.25, -0.2) is 4.79 Å². The Hall–Kier alpha value is -3.06. The van der Waals surface area contributed by atoms with E-state index in [1.165, 1.54) is 5.57 Å². The fourth-order valence-corrected chi connectivity index (χ4v) is 4.14. The highest BCUT2D eigenvalue weighted by atomic mass is 16.6. The van der Waals surface area contributed by atoms with Crippen molar-refractivity contribution in [1.29, 1.82) is 5.26 Å². The number of carbonyl (C=O) groups is 1. The maximum absolute atomic E-state index is 12.6. The Morgan fingerprint density at radius 3 is 2.70 bits per heavy atom. The lowest BCUT2D eigenvalue weighted by Crippen LogP contribution is -2.43. The highest BCUT2D eigenvalue weighted by Gasteiger charge is 2.40. The third-order valence-electron chi connectivity index (χ3n) is 5.38. The molecule has 0 N–H and O–H groups in total. The molecule has 27 heavy (non-hydrogen) atoms. The van der Waals surface area contributed by atoms with Gasteiger partial charge < -0.3 is 4.74 Å². The molecule has 0 spiro atoms. The normalized spacial score (nSPS) is 20.7. The minimum atomic E-state index is -0.215. The first-order valence-corrected chi connectivity index (χ1v) is 9.40. The maximum Gasteiger partial charge on any atom is 0.410 e. The summed E-state index contributed by atoms with van der Waals surface area (Å²) in [6, 6.07) is 20.1. The van der Waals surface area contributed by atoms with E-state index in [4.69, 9.17) is 10.00 Å². The van der Waals surface area contributed by atoms with Crippen molar-refractivity contribution in [3.05, 3.63) is 82.9 Å². The molecule has 0 radical (unpaired) electrons. The van der Waals surface area contributed by atoms with Gasteiger partial charge in [0.1, 0.15) is 6.61 Å². The molecular formula is C23H22N2O2. The Labute approximate surface area is 159 Å². The van der Waals surface area contributed by atoms with Crippen molar-refractivity contribution in [1.82, 2.24) is 4.90 Å². The van der Waals surface area contributed by atoms with Crippen LogP contribution in [0.3, 0.4) is 0 Å². The Morgan fingerprint density at radius 1 is 1.11 bits per heavy atom. The summed E-state index contributed by atoms with van der Waals surface area (Å²) in [4.78, 5) is 14.5. The molecule has 0 aromatic heterocycles. The van der Waals surface area contributed by atoms with Gasteiger partial charge in [-0.15, -0.1) is 0 Å². The van der Waals surface area contributed by atoms with Crippen molar-refractivity contribution in [2.24, 2.45) is 0 Å². The molecular weight excluding hydrogens is 336 g/mol. The van der Waals surface area contributed by atoms with Gasteiger partial charge in [0.2, 0.25) is 0 Å². The molecule has 2 aromatic rings. The fourth-order valence-electron chi connectivity index (χ4n) is 4.14. The number of fused-ring (bicyclic) bond motifs is 2. The largest absolute Gasteiger partial charge is 0.445 e. The minimum Gasteiger partial charge on any atom is -0.445 e. The van der Waals surface area contributed by atoms with Crippen LogP contribution in [-0.2, 0) is 17.8 Å². The lowest BCUT2D eigenvalue weighted by molar-refractivity contribution is 0.0816. The van der Waals surface area contributed by atoms with Gasteiger partial charge in [-0.2, -0.15) is 5.26 Å².